The van der Waals surface area contributed by atoms with E-state index >= 15 is 0 Å². The van der Waals surface area contributed by atoms with Gasteiger partial charge in [-0.05, 0) is 12.0 Å². The lowest BCUT2D eigenvalue weighted by Crippen LogP contribution is -2.40. The van der Waals surface area contributed by atoms with E-state index in [0.29, 0.717) is 0 Å². The molecule has 0 aliphatic heterocycles. The van der Waals surface area contributed by atoms with E-state index in [-0.39, 0.29) is 5.92 Å². The molecule has 2 unspecified atom stereocenters. The predicted octanol–water partition coefficient (Wildman–Crippen LogP) is 3.95. The maximum absolute atomic E-state index is 12.2. The molecule has 0 radical (unpaired) electrons. The van der Waals surface area contributed by atoms with Crippen LogP contribution in [0.5, 0.6) is 0 Å². The van der Waals surface area contributed by atoms with Crippen molar-refractivity contribution < 1.29 is 9.48 Å². The Balaban J connectivity index is 3.21. The van der Waals surface area contributed by atoms with Gasteiger partial charge >= 0.3 is 0 Å². The van der Waals surface area contributed by atoms with Gasteiger partial charge in [0.2, 0.25) is 0 Å². The highest BCUT2D eigenvalue weighted by atomic mass is 16.5. The van der Waals surface area contributed by atoms with E-state index in [0.717, 1.165) is 16.7 Å². The summed E-state index contributed by atoms with van der Waals surface area (Å²) in [6.45, 7) is 9.86. The van der Waals surface area contributed by atoms with Crippen LogP contribution in [0, 0.1) is 11.1 Å². The molecule has 0 saturated heterocycles. The number of hydroxylamine groups is 1. The van der Waals surface area contributed by atoms with Gasteiger partial charge in [-0.3, -0.25) is 0 Å². The average Bonchev–Trinajstić information content (AvgIpc) is 2.41. The minimum Gasteiger partial charge on any atom is -0.624 e. The number of benzene rings is 1. The lowest BCUT2D eigenvalue weighted by atomic mass is 9.80. The number of hydrogen-bond donors (Lipinski definition) is 0. The number of nitrogens with zero attached hydrogens (tertiary/aromatic N) is 1. The Morgan fingerprint density at radius 2 is 1.80 bits per heavy atom. The number of hydrogen-bond acceptors (Lipinski definition) is 2. The molecular weight excluding hydrogens is 250 g/mol. The van der Waals surface area contributed by atoms with Crippen LogP contribution in [0.4, 0.5) is 0 Å². The molecule has 0 amide bonds. The first-order valence-electron chi connectivity index (χ1n) is 7.20. The van der Waals surface area contributed by atoms with Gasteiger partial charge < -0.3 is 9.94 Å². The Hall–Kier alpha value is -1.35. The van der Waals surface area contributed by atoms with Crippen LogP contribution in [0.25, 0.3) is 0 Å². The van der Waals surface area contributed by atoms with Crippen LogP contribution < -0.4 is 0 Å². The third-order valence-electron chi connectivity index (χ3n) is 3.91. The Bertz CT molecular complexity index is 442. The molecule has 0 bridgehead atoms. The number of rotatable bonds is 5. The third kappa shape index (κ3) is 3.40. The lowest BCUT2D eigenvalue weighted by molar-refractivity contribution is -0.533. The first kappa shape index (κ1) is 16.7. The molecular formula is C17H27NO2. The fourth-order valence-electron chi connectivity index (χ4n) is 2.50. The van der Waals surface area contributed by atoms with Crippen molar-refractivity contribution in [3.05, 3.63) is 41.1 Å². The average molecular weight is 277 g/mol. The monoisotopic (exact) mass is 277 g/mol. The van der Waals surface area contributed by atoms with E-state index in [1.807, 2.05) is 45.9 Å². The van der Waals surface area contributed by atoms with Gasteiger partial charge in [-0.2, -0.15) is 0 Å². The van der Waals surface area contributed by atoms with Gasteiger partial charge in [0.05, 0.1) is 5.92 Å². The molecule has 3 nitrogen and oxygen atoms in total. The highest BCUT2D eigenvalue weighted by Crippen LogP contribution is 2.35. The van der Waals surface area contributed by atoms with Crippen LogP contribution in [0.1, 0.15) is 46.6 Å². The van der Waals surface area contributed by atoms with E-state index in [4.69, 9.17) is 4.74 Å². The van der Waals surface area contributed by atoms with Crippen molar-refractivity contribution in [1.29, 1.82) is 0 Å². The summed E-state index contributed by atoms with van der Waals surface area (Å²) in [4.78, 5) is 0. The van der Waals surface area contributed by atoms with Crippen molar-refractivity contribution >= 4 is 6.21 Å². The maximum Gasteiger partial charge on any atom is 0.164 e. The van der Waals surface area contributed by atoms with Crippen molar-refractivity contribution in [3.8, 4) is 0 Å². The second-order valence-corrected chi connectivity index (χ2v) is 6.25. The topological polar surface area (TPSA) is 35.3 Å². The highest BCUT2D eigenvalue weighted by Gasteiger charge is 2.38. The Morgan fingerprint density at radius 3 is 2.20 bits per heavy atom. The standard InChI is InChI=1S/C17H27NO2/c1-7-17(20-6,15-11-9-8-10-12-15)14(2)13-18(19)16(3,4)5/h8-14H,7H2,1-6H3/b18-13-. The smallest absolute Gasteiger partial charge is 0.164 e. The minimum absolute atomic E-state index is 0.0170. The highest BCUT2D eigenvalue weighted by molar-refractivity contribution is 5.58. The van der Waals surface area contributed by atoms with Crippen LogP contribution >= 0.6 is 0 Å². The van der Waals surface area contributed by atoms with Crippen molar-refractivity contribution in [1.82, 2.24) is 0 Å². The van der Waals surface area contributed by atoms with Crippen LogP contribution in [0.3, 0.4) is 0 Å². The first-order chi connectivity index (χ1) is 9.28. The largest absolute Gasteiger partial charge is 0.624 e. The molecule has 0 aliphatic carbocycles. The van der Waals surface area contributed by atoms with Crippen molar-refractivity contribution in [3.63, 3.8) is 0 Å². The fourth-order valence-corrected chi connectivity index (χ4v) is 2.50. The van der Waals surface area contributed by atoms with E-state index in [1.165, 1.54) is 0 Å². The zero-order valence-corrected chi connectivity index (χ0v) is 13.5. The second-order valence-electron chi connectivity index (χ2n) is 6.25. The normalized spacial score (nSPS) is 17.6. The van der Waals surface area contributed by atoms with Crippen LogP contribution in [-0.4, -0.2) is 23.6 Å². The van der Waals surface area contributed by atoms with Crippen LogP contribution in [-0.2, 0) is 10.3 Å². The molecule has 0 aromatic heterocycles. The molecule has 1 rings (SSSR count). The van der Waals surface area contributed by atoms with Crippen LogP contribution in [0.2, 0.25) is 0 Å². The van der Waals surface area contributed by atoms with E-state index in [9.17, 15) is 5.21 Å². The molecule has 0 saturated carbocycles. The molecule has 112 valence electrons. The molecule has 0 heterocycles. The molecule has 2 atom stereocenters. The summed E-state index contributed by atoms with van der Waals surface area (Å²) in [7, 11) is 1.72. The SMILES string of the molecule is CCC(OC)(c1ccccc1)C(C)/C=[N+](\[O-])C(C)(C)C. The summed E-state index contributed by atoms with van der Waals surface area (Å²) in [5, 5.41) is 12.2. The Morgan fingerprint density at radius 1 is 1.25 bits per heavy atom. The molecule has 0 aliphatic rings. The quantitative estimate of drug-likeness (QED) is 0.353. The lowest BCUT2D eigenvalue weighted by Gasteiger charge is -2.36. The molecule has 1 aromatic rings. The summed E-state index contributed by atoms with van der Waals surface area (Å²) in [6.07, 6.45) is 2.54. The molecule has 0 spiro atoms. The Kier molecular flexibility index (Phi) is 5.35. The predicted molar refractivity (Wildman–Crippen MR) is 84.0 cm³/mol. The van der Waals surface area contributed by atoms with Gasteiger partial charge in [0.25, 0.3) is 0 Å². The van der Waals surface area contributed by atoms with E-state index < -0.39 is 11.1 Å². The van der Waals surface area contributed by atoms with Crippen molar-refractivity contribution in [2.45, 2.75) is 52.2 Å². The minimum atomic E-state index is -0.463. The van der Waals surface area contributed by atoms with Crippen molar-refractivity contribution in [2.75, 3.05) is 7.11 Å². The van der Waals surface area contributed by atoms with Gasteiger partial charge in [-0.15, -0.1) is 0 Å². The van der Waals surface area contributed by atoms with E-state index in [1.54, 1.807) is 13.3 Å². The first-order valence-corrected chi connectivity index (χ1v) is 7.20. The Labute approximate surface area is 122 Å². The van der Waals surface area contributed by atoms with Crippen LogP contribution in [0.15, 0.2) is 30.3 Å². The second kappa shape index (κ2) is 6.40. The zero-order valence-electron chi connectivity index (χ0n) is 13.5. The molecule has 1 aromatic carbocycles. The number of methoxy groups -OCH3 is 1. The summed E-state index contributed by atoms with van der Waals surface area (Å²) in [6, 6.07) is 10.1. The molecule has 20 heavy (non-hydrogen) atoms. The summed E-state index contributed by atoms with van der Waals surface area (Å²) >= 11 is 0. The molecule has 0 fully saturated rings. The van der Waals surface area contributed by atoms with Crippen molar-refractivity contribution in [2.24, 2.45) is 5.92 Å². The van der Waals surface area contributed by atoms with Gasteiger partial charge in [-0.1, -0.05) is 44.2 Å². The summed E-state index contributed by atoms with van der Waals surface area (Å²) in [5.41, 5.74) is 0.212. The van der Waals surface area contributed by atoms with Gasteiger partial charge in [-0.25, -0.2) is 4.74 Å². The summed E-state index contributed by atoms with van der Waals surface area (Å²) < 4.78 is 6.88. The molecule has 0 N–H and O–H groups in total. The third-order valence-corrected chi connectivity index (χ3v) is 3.91. The zero-order chi connectivity index (χ0) is 15.4. The fraction of sp³-hybridized carbons (Fsp3) is 0.588. The maximum atomic E-state index is 12.2. The van der Waals surface area contributed by atoms with Gasteiger partial charge in [0.1, 0.15) is 5.60 Å². The summed E-state index contributed by atoms with van der Waals surface area (Å²) in [5.74, 6) is -0.0170. The van der Waals surface area contributed by atoms with E-state index in [2.05, 4.69) is 19.1 Å². The van der Waals surface area contributed by atoms with Gasteiger partial charge in [0, 0.05) is 27.9 Å². The number of ether oxygens (including phenoxy) is 1. The van der Waals surface area contributed by atoms with Gasteiger partial charge in [0.15, 0.2) is 11.8 Å². The molecule has 3 heteroatoms.